The summed E-state index contributed by atoms with van der Waals surface area (Å²) in [6.07, 6.45) is 0.287. The van der Waals surface area contributed by atoms with Crippen molar-refractivity contribution in [3.05, 3.63) is 54.1 Å². The summed E-state index contributed by atoms with van der Waals surface area (Å²) in [4.78, 5) is 24.0. The van der Waals surface area contributed by atoms with Crippen LogP contribution in [0, 0.1) is 0 Å². The van der Waals surface area contributed by atoms with E-state index >= 15 is 0 Å². The number of ether oxygens (including phenoxy) is 1. The molecular weight excluding hydrogens is 282 g/mol. The summed E-state index contributed by atoms with van der Waals surface area (Å²) in [7, 11) is 1.55. The Morgan fingerprint density at radius 2 is 2.00 bits per heavy atom. The zero-order chi connectivity index (χ0) is 15.5. The number of benzene rings is 2. The van der Waals surface area contributed by atoms with E-state index < -0.39 is 6.03 Å². The number of para-hydroxylation sites is 1. The van der Waals surface area contributed by atoms with Gasteiger partial charge in [-0.2, -0.15) is 0 Å². The quantitative estimate of drug-likeness (QED) is 0.913. The molecule has 0 atom stereocenters. The molecule has 1 aliphatic heterocycles. The van der Waals surface area contributed by atoms with Crippen LogP contribution in [0.2, 0.25) is 0 Å². The fraction of sp³-hybridized carbons (Fsp3) is 0.125. The number of rotatable bonds is 3. The predicted molar refractivity (Wildman–Crippen MR) is 82.8 cm³/mol. The standard InChI is InChI=1S/C16H15N3O3/c1-22-13-7-4-6-12(10-13)17-16(21)18-19-14-8-3-2-5-11(14)9-15(19)20/h2-8,10H,9H2,1H3,(H2,17,18,21). The van der Waals surface area contributed by atoms with Crippen LogP contribution in [0.15, 0.2) is 48.5 Å². The lowest BCUT2D eigenvalue weighted by molar-refractivity contribution is -0.117. The average molecular weight is 297 g/mol. The van der Waals surface area contributed by atoms with Crippen molar-refractivity contribution in [1.29, 1.82) is 0 Å². The van der Waals surface area contributed by atoms with E-state index in [4.69, 9.17) is 4.74 Å². The Morgan fingerprint density at radius 1 is 1.18 bits per heavy atom. The smallest absolute Gasteiger partial charge is 0.338 e. The van der Waals surface area contributed by atoms with E-state index in [1.165, 1.54) is 5.01 Å². The average Bonchev–Trinajstić information content (AvgIpc) is 2.83. The van der Waals surface area contributed by atoms with Crippen molar-refractivity contribution in [2.45, 2.75) is 6.42 Å². The molecule has 0 aliphatic carbocycles. The summed E-state index contributed by atoms with van der Waals surface area (Å²) < 4.78 is 5.10. The molecule has 2 aromatic carbocycles. The number of amides is 3. The van der Waals surface area contributed by atoms with Crippen LogP contribution in [0.1, 0.15) is 5.56 Å². The van der Waals surface area contributed by atoms with E-state index in [1.54, 1.807) is 37.4 Å². The number of nitrogens with zero attached hydrogens (tertiary/aromatic N) is 1. The summed E-state index contributed by atoms with van der Waals surface area (Å²) in [5.74, 6) is 0.474. The van der Waals surface area contributed by atoms with E-state index in [1.807, 2.05) is 18.2 Å². The van der Waals surface area contributed by atoms with Gasteiger partial charge in [0.25, 0.3) is 0 Å². The lowest BCUT2D eigenvalue weighted by atomic mass is 10.2. The number of carbonyl (C=O) groups excluding carboxylic acids is 2. The monoisotopic (exact) mass is 297 g/mol. The molecular formula is C16H15N3O3. The van der Waals surface area contributed by atoms with Gasteiger partial charge < -0.3 is 10.1 Å². The maximum Gasteiger partial charge on any atom is 0.338 e. The van der Waals surface area contributed by atoms with E-state index in [0.717, 1.165) is 5.56 Å². The van der Waals surface area contributed by atoms with Crippen molar-refractivity contribution in [3.8, 4) is 5.75 Å². The maximum absolute atomic E-state index is 12.1. The van der Waals surface area contributed by atoms with Gasteiger partial charge in [-0.3, -0.25) is 4.79 Å². The van der Waals surface area contributed by atoms with Gasteiger partial charge in [-0.15, -0.1) is 0 Å². The molecule has 0 radical (unpaired) electrons. The Labute approximate surface area is 127 Å². The number of hydrogen-bond acceptors (Lipinski definition) is 3. The van der Waals surface area contributed by atoms with Gasteiger partial charge >= 0.3 is 6.03 Å². The second-order valence-corrected chi connectivity index (χ2v) is 4.83. The first-order valence-corrected chi connectivity index (χ1v) is 6.80. The molecule has 6 heteroatoms. The molecule has 0 saturated heterocycles. The lowest BCUT2D eigenvalue weighted by Gasteiger charge is -2.18. The third-order valence-corrected chi connectivity index (χ3v) is 3.36. The van der Waals surface area contributed by atoms with E-state index in [9.17, 15) is 9.59 Å². The molecule has 0 fully saturated rings. The van der Waals surface area contributed by atoms with Crippen LogP contribution in [-0.4, -0.2) is 19.0 Å². The second-order valence-electron chi connectivity index (χ2n) is 4.83. The van der Waals surface area contributed by atoms with Gasteiger partial charge in [-0.1, -0.05) is 24.3 Å². The van der Waals surface area contributed by atoms with Gasteiger partial charge in [0.1, 0.15) is 5.75 Å². The molecule has 3 amide bonds. The first-order valence-electron chi connectivity index (χ1n) is 6.80. The maximum atomic E-state index is 12.1. The van der Waals surface area contributed by atoms with Crippen molar-refractivity contribution >= 4 is 23.3 Å². The number of hydrazine groups is 1. The van der Waals surface area contributed by atoms with Crippen molar-refractivity contribution in [2.75, 3.05) is 17.4 Å². The Kier molecular flexibility index (Phi) is 3.65. The number of urea groups is 1. The molecule has 0 aromatic heterocycles. The lowest BCUT2D eigenvalue weighted by Crippen LogP contribution is -2.46. The number of carbonyl (C=O) groups is 2. The number of anilines is 2. The Morgan fingerprint density at radius 3 is 2.82 bits per heavy atom. The molecule has 1 heterocycles. The normalized spacial score (nSPS) is 12.8. The van der Waals surface area contributed by atoms with Crippen molar-refractivity contribution in [1.82, 2.24) is 5.43 Å². The molecule has 22 heavy (non-hydrogen) atoms. The number of methoxy groups -OCH3 is 1. The number of nitrogens with one attached hydrogen (secondary N) is 2. The molecule has 112 valence electrons. The second kappa shape index (κ2) is 5.77. The first kappa shape index (κ1) is 13.9. The zero-order valence-electron chi connectivity index (χ0n) is 12.0. The van der Waals surface area contributed by atoms with E-state index in [0.29, 0.717) is 17.1 Å². The molecule has 2 aromatic rings. The fourth-order valence-corrected chi connectivity index (χ4v) is 2.34. The van der Waals surface area contributed by atoms with Crippen LogP contribution in [0.3, 0.4) is 0 Å². The van der Waals surface area contributed by atoms with Crippen LogP contribution >= 0.6 is 0 Å². The topological polar surface area (TPSA) is 70.7 Å². The van der Waals surface area contributed by atoms with Gasteiger partial charge in [-0.25, -0.2) is 15.2 Å². The molecule has 0 spiro atoms. The highest BCUT2D eigenvalue weighted by molar-refractivity contribution is 6.04. The third kappa shape index (κ3) is 2.71. The third-order valence-electron chi connectivity index (χ3n) is 3.36. The molecule has 0 unspecified atom stereocenters. The summed E-state index contributed by atoms with van der Waals surface area (Å²) in [5.41, 5.74) is 4.74. The minimum Gasteiger partial charge on any atom is -0.497 e. The van der Waals surface area contributed by atoms with Gasteiger partial charge in [0.2, 0.25) is 5.91 Å². The van der Waals surface area contributed by atoms with Crippen molar-refractivity contribution in [2.24, 2.45) is 0 Å². The van der Waals surface area contributed by atoms with Crippen molar-refractivity contribution in [3.63, 3.8) is 0 Å². The minimum absolute atomic E-state index is 0.165. The van der Waals surface area contributed by atoms with Crippen LogP contribution < -0.4 is 20.5 Å². The van der Waals surface area contributed by atoms with Crippen LogP contribution in [0.25, 0.3) is 0 Å². The Hall–Kier alpha value is -3.02. The summed E-state index contributed by atoms with van der Waals surface area (Å²) in [6, 6.07) is 13.9. The Balaban J connectivity index is 1.71. The number of hydrogen-bond donors (Lipinski definition) is 2. The van der Waals surface area contributed by atoms with Gasteiger partial charge in [0, 0.05) is 11.8 Å². The largest absolute Gasteiger partial charge is 0.497 e. The summed E-state index contributed by atoms with van der Waals surface area (Å²) in [5, 5.41) is 3.94. The van der Waals surface area contributed by atoms with Crippen LogP contribution in [0.5, 0.6) is 5.75 Å². The SMILES string of the molecule is COc1cccc(NC(=O)NN2C(=O)Cc3ccccc32)c1. The zero-order valence-corrected chi connectivity index (χ0v) is 12.0. The van der Waals surface area contributed by atoms with Gasteiger partial charge in [0.15, 0.2) is 0 Å². The van der Waals surface area contributed by atoms with Crippen molar-refractivity contribution < 1.29 is 14.3 Å². The highest BCUT2D eigenvalue weighted by atomic mass is 16.5. The first-order chi connectivity index (χ1) is 10.7. The fourth-order valence-electron chi connectivity index (χ4n) is 2.34. The predicted octanol–water partition coefficient (Wildman–Crippen LogP) is 2.32. The molecule has 0 saturated carbocycles. The molecule has 6 nitrogen and oxygen atoms in total. The van der Waals surface area contributed by atoms with Gasteiger partial charge in [0.05, 0.1) is 19.2 Å². The summed E-state index contributed by atoms with van der Waals surface area (Å²) >= 11 is 0. The molecule has 1 aliphatic rings. The van der Waals surface area contributed by atoms with E-state index in [2.05, 4.69) is 10.7 Å². The van der Waals surface area contributed by atoms with Gasteiger partial charge in [-0.05, 0) is 23.8 Å². The number of fused-ring (bicyclic) bond motifs is 1. The van der Waals surface area contributed by atoms with Crippen LogP contribution in [0.4, 0.5) is 16.2 Å². The highest BCUT2D eigenvalue weighted by Gasteiger charge is 2.28. The molecule has 3 rings (SSSR count). The summed E-state index contributed by atoms with van der Waals surface area (Å²) in [6.45, 7) is 0. The van der Waals surface area contributed by atoms with E-state index in [-0.39, 0.29) is 12.3 Å². The highest BCUT2D eigenvalue weighted by Crippen LogP contribution is 2.26. The molecule has 2 N–H and O–H groups in total. The minimum atomic E-state index is -0.488. The molecule has 0 bridgehead atoms. The van der Waals surface area contributed by atoms with Crippen LogP contribution in [-0.2, 0) is 11.2 Å². The Bertz CT molecular complexity index is 730.